The average molecular weight is 758 g/mol. The Balaban J connectivity index is 1.41. The number of halogens is 3. The van der Waals surface area contributed by atoms with Crippen LogP contribution in [0.4, 0.5) is 22.8 Å². The number of alkyl carbamates (subject to hydrolysis) is 1. The van der Waals surface area contributed by atoms with E-state index in [1.54, 1.807) is 33.2 Å². The van der Waals surface area contributed by atoms with Gasteiger partial charge >= 0.3 is 18.4 Å². The zero-order valence-corrected chi connectivity index (χ0v) is 30.5. The van der Waals surface area contributed by atoms with E-state index in [-0.39, 0.29) is 24.5 Å². The second kappa shape index (κ2) is 17.6. The number of ether oxygens (including phenoxy) is 4. The zero-order chi connectivity index (χ0) is 39.0. The molecule has 2 aliphatic heterocycles. The van der Waals surface area contributed by atoms with Gasteiger partial charge in [-0.1, -0.05) is 69.3 Å². The molecule has 2 fully saturated rings. The number of pyridine rings is 1. The van der Waals surface area contributed by atoms with Gasteiger partial charge in [0.2, 0.25) is 5.91 Å². The van der Waals surface area contributed by atoms with Crippen molar-refractivity contribution in [3.05, 3.63) is 89.7 Å². The maximum Gasteiger partial charge on any atom is 0.422 e. The van der Waals surface area contributed by atoms with Crippen molar-refractivity contribution < 1.29 is 51.6 Å². The molecule has 54 heavy (non-hydrogen) atoms. The Hall–Kier alpha value is -4.77. The summed E-state index contributed by atoms with van der Waals surface area (Å²) in [5.74, 6) is -0.834. The molecule has 3 amide bonds. The molecular weight excluding hydrogens is 711 g/mol. The number of rotatable bonds is 13. The van der Waals surface area contributed by atoms with Crippen LogP contribution in [0.1, 0.15) is 43.9 Å². The minimum Gasteiger partial charge on any atom is -0.453 e. The first kappa shape index (κ1) is 40.4. The van der Waals surface area contributed by atoms with Crippen LogP contribution in [0, 0.1) is 11.3 Å². The van der Waals surface area contributed by atoms with E-state index < -0.39 is 78.9 Å². The van der Waals surface area contributed by atoms with Gasteiger partial charge in [-0.25, -0.2) is 14.6 Å². The molecule has 2 saturated heterocycles. The molecule has 6 unspecified atom stereocenters. The summed E-state index contributed by atoms with van der Waals surface area (Å²) >= 11 is 0. The number of aliphatic hydroxyl groups excluding tert-OH is 1. The topological polar surface area (TPSA) is 161 Å². The summed E-state index contributed by atoms with van der Waals surface area (Å²) in [4.78, 5) is 43.5. The fraction of sp³-hybridized carbons (Fsp3) is 0.474. The number of fused-ring (bicyclic) bond motifs is 1. The molecule has 2 aromatic carbocycles. The number of alkyl halides is 3. The number of aromatic nitrogens is 1. The van der Waals surface area contributed by atoms with Gasteiger partial charge in [-0.15, -0.1) is 0 Å². The first-order valence-corrected chi connectivity index (χ1v) is 17.5. The molecule has 4 N–H and O–H groups in total. The van der Waals surface area contributed by atoms with Gasteiger partial charge in [-0.3, -0.25) is 15.2 Å². The summed E-state index contributed by atoms with van der Waals surface area (Å²) in [5.41, 5.74) is 3.08. The highest BCUT2D eigenvalue weighted by Gasteiger charge is 2.44. The van der Waals surface area contributed by atoms with E-state index in [2.05, 4.69) is 21.0 Å². The highest BCUT2D eigenvalue weighted by Crippen LogP contribution is 2.34. The third-order valence-electron chi connectivity index (χ3n) is 9.36. The van der Waals surface area contributed by atoms with E-state index in [4.69, 9.17) is 18.9 Å². The maximum absolute atomic E-state index is 14.1. The Kier molecular flexibility index (Phi) is 13.2. The van der Waals surface area contributed by atoms with E-state index in [9.17, 15) is 32.7 Å². The molecule has 3 aromatic rings. The molecule has 5 rings (SSSR count). The fourth-order valence-corrected chi connectivity index (χ4v) is 6.51. The highest BCUT2D eigenvalue weighted by molar-refractivity contribution is 5.86. The van der Waals surface area contributed by atoms with Crippen molar-refractivity contribution in [1.82, 2.24) is 26.1 Å². The molecule has 0 saturated carbocycles. The van der Waals surface area contributed by atoms with Crippen molar-refractivity contribution in [2.45, 2.75) is 76.9 Å². The molecular formula is C38H46F3N5O8. The number of carbonyl (C=O) groups is 3. The number of amides is 3. The number of hydrazine groups is 1. The van der Waals surface area contributed by atoms with Crippen LogP contribution >= 0.6 is 0 Å². The molecule has 0 aliphatic carbocycles. The number of nitrogens with zero attached hydrogens (tertiary/aromatic N) is 2. The number of carbonyl (C=O) groups excluding carboxylic acids is 3. The fourth-order valence-electron chi connectivity index (χ4n) is 6.51. The SMILES string of the molecule is COC(=O)NC(C(=O)NC(Cc1ccc(-c2cccnc2)cc1)C(O)CN(Cc1ccccc1C(F)(F)F)NC(=O)OC1COC2OCCC12)C(C)(C)C. The molecule has 0 spiro atoms. The van der Waals surface area contributed by atoms with Crippen molar-refractivity contribution in [3.8, 4) is 11.1 Å². The third-order valence-corrected chi connectivity index (χ3v) is 9.36. The van der Waals surface area contributed by atoms with Gasteiger partial charge < -0.3 is 34.7 Å². The minimum atomic E-state index is -4.70. The van der Waals surface area contributed by atoms with Crippen molar-refractivity contribution >= 4 is 18.1 Å². The Morgan fingerprint density at radius 2 is 1.72 bits per heavy atom. The molecule has 3 heterocycles. The van der Waals surface area contributed by atoms with Gasteiger partial charge in [0.15, 0.2) is 6.29 Å². The second-order valence-electron chi connectivity index (χ2n) is 14.4. The number of nitrogens with one attached hydrogen (secondary N) is 3. The average Bonchev–Trinajstić information content (AvgIpc) is 3.75. The van der Waals surface area contributed by atoms with E-state index in [1.165, 1.54) is 18.2 Å². The number of aliphatic hydroxyl groups is 1. The Labute approximate surface area is 311 Å². The summed E-state index contributed by atoms with van der Waals surface area (Å²) in [6.07, 6.45) is -5.09. The van der Waals surface area contributed by atoms with Crippen LogP contribution < -0.4 is 16.1 Å². The Bertz CT molecular complexity index is 1720. The summed E-state index contributed by atoms with van der Waals surface area (Å²) in [5, 5.41) is 18.3. The smallest absolute Gasteiger partial charge is 0.422 e. The monoisotopic (exact) mass is 757 g/mol. The van der Waals surface area contributed by atoms with Crippen molar-refractivity contribution in [3.63, 3.8) is 0 Å². The first-order chi connectivity index (χ1) is 25.6. The molecule has 16 heteroatoms. The molecule has 0 bridgehead atoms. The minimum absolute atomic E-state index is 0.0647. The van der Waals surface area contributed by atoms with Gasteiger partial charge in [-0.2, -0.15) is 13.2 Å². The number of methoxy groups -OCH3 is 1. The standard InChI is InChI=1S/C38H46F3N5O8/c1-37(2,3)32(44-35(49)51-4)33(48)43-29(18-23-11-13-24(14-12-23)25-9-7-16-42-19-25)30(47)21-46(20-26-8-5-6-10-28(26)38(39,40)41)45-36(50)54-31-22-53-34-27(31)15-17-52-34/h5-14,16,19,27,29-32,34,47H,15,17-18,20-22H2,1-4H3,(H,43,48)(H,44,49)(H,45,50). The quantitative estimate of drug-likeness (QED) is 0.178. The lowest BCUT2D eigenvalue weighted by atomic mass is 9.85. The lowest BCUT2D eigenvalue weighted by molar-refractivity contribution is -0.138. The van der Waals surface area contributed by atoms with Crippen LogP contribution in [-0.4, -0.2) is 90.6 Å². The molecule has 13 nitrogen and oxygen atoms in total. The Morgan fingerprint density at radius 1 is 0.981 bits per heavy atom. The van der Waals surface area contributed by atoms with E-state index in [1.807, 2.05) is 36.4 Å². The molecule has 6 atom stereocenters. The Morgan fingerprint density at radius 3 is 2.39 bits per heavy atom. The summed E-state index contributed by atoms with van der Waals surface area (Å²) < 4.78 is 63.6. The van der Waals surface area contributed by atoms with Gasteiger partial charge in [0, 0.05) is 25.5 Å². The lowest BCUT2D eigenvalue weighted by Crippen LogP contribution is -2.59. The van der Waals surface area contributed by atoms with E-state index in [0.717, 1.165) is 29.3 Å². The van der Waals surface area contributed by atoms with Crippen molar-refractivity contribution in [2.24, 2.45) is 11.3 Å². The van der Waals surface area contributed by atoms with E-state index >= 15 is 0 Å². The van der Waals surface area contributed by atoms with Gasteiger partial charge in [0.1, 0.15) is 12.1 Å². The normalized spacial score (nSPS) is 20.1. The van der Waals surface area contributed by atoms with Crippen LogP contribution in [-0.2, 0) is 42.9 Å². The summed E-state index contributed by atoms with van der Waals surface area (Å²) in [7, 11) is 1.16. The lowest BCUT2D eigenvalue weighted by Gasteiger charge is -2.34. The van der Waals surface area contributed by atoms with Crippen LogP contribution in [0.2, 0.25) is 0 Å². The van der Waals surface area contributed by atoms with Crippen LogP contribution in [0.5, 0.6) is 0 Å². The largest absolute Gasteiger partial charge is 0.453 e. The van der Waals surface area contributed by atoms with E-state index in [0.29, 0.717) is 18.6 Å². The van der Waals surface area contributed by atoms with Crippen molar-refractivity contribution in [2.75, 3.05) is 26.9 Å². The van der Waals surface area contributed by atoms with Gasteiger partial charge in [-0.05, 0) is 52.6 Å². The van der Waals surface area contributed by atoms with Gasteiger partial charge in [0.05, 0.1) is 44.0 Å². The third kappa shape index (κ3) is 10.7. The van der Waals surface area contributed by atoms with Crippen molar-refractivity contribution in [1.29, 1.82) is 0 Å². The van der Waals surface area contributed by atoms with Crippen LogP contribution in [0.15, 0.2) is 73.1 Å². The second-order valence-corrected chi connectivity index (χ2v) is 14.4. The number of hydrogen-bond acceptors (Lipinski definition) is 10. The summed E-state index contributed by atoms with van der Waals surface area (Å²) in [6.45, 7) is 4.81. The number of benzene rings is 2. The molecule has 2 aliphatic rings. The van der Waals surface area contributed by atoms with Crippen LogP contribution in [0.25, 0.3) is 11.1 Å². The molecule has 1 aromatic heterocycles. The molecule has 292 valence electrons. The maximum atomic E-state index is 14.1. The van der Waals surface area contributed by atoms with Gasteiger partial charge in [0.25, 0.3) is 0 Å². The number of hydrogen-bond donors (Lipinski definition) is 4. The predicted molar refractivity (Wildman–Crippen MR) is 189 cm³/mol. The molecule has 0 radical (unpaired) electrons. The zero-order valence-electron chi connectivity index (χ0n) is 30.5. The summed E-state index contributed by atoms with van der Waals surface area (Å²) in [6, 6.07) is 13.8. The highest BCUT2D eigenvalue weighted by atomic mass is 19.4. The predicted octanol–water partition coefficient (Wildman–Crippen LogP) is 4.83. The van der Waals surface area contributed by atoms with Crippen LogP contribution in [0.3, 0.4) is 0 Å². The first-order valence-electron chi connectivity index (χ1n) is 17.5.